The van der Waals surface area contributed by atoms with Gasteiger partial charge in [0.2, 0.25) is 41.0 Å². The summed E-state index contributed by atoms with van der Waals surface area (Å²) in [6.45, 7) is 9.07. The molecule has 1 aromatic rings. The molecule has 0 aromatic heterocycles. The smallest absolute Gasteiger partial charge is 0.373 e. The molecule has 0 spiro atoms. The third kappa shape index (κ3) is 12.3. The molecule has 2 heterocycles. The first-order chi connectivity index (χ1) is 27.7. The van der Waals surface area contributed by atoms with E-state index in [1.165, 1.54) is 32.7 Å². The first-order valence-corrected chi connectivity index (χ1v) is 20.4. The van der Waals surface area contributed by atoms with Crippen molar-refractivity contribution in [3.63, 3.8) is 0 Å². The first-order valence-electron chi connectivity index (χ1n) is 20.0. The van der Waals surface area contributed by atoms with E-state index in [9.17, 15) is 56.2 Å². The molecule has 5 N–H and O–H groups in total. The topological polar surface area (TPSA) is 198 Å². The number of halogens is 5. The molecule has 2 aliphatic heterocycles. The van der Waals surface area contributed by atoms with Crippen LogP contribution in [0.5, 0.6) is 0 Å². The van der Waals surface area contributed by atoms with Crippen molar-refractivity contribution in [3.8, 4) is 0 Å². The third-order valence-corrected chi connectivity index (χ3v) is 11.0. The molecule has 2 aliphatic rings. The second-order valence-electron chi connectivity index (χ2n) is 16.6. The number of benzene rings is 1. The standard InChI is InChI=1S/C40H58ClF4N7O8/c1-9-51-29(19-24-13-12-14-25(41)18-24)33(55)49-38(5,6)36(58)46-16-11-10-15-28(31(53)48-27(35(51)57)17-22(2)3)50(8)34(56)23(4)47-32(54)30-20-26(42)21-52(30)37(59)39(7,60)40(43,44)45/h12-14,18,22-23,26-30,60H,9-11,15-17,19-21H2,1-8H3,(H,46,58)(H,47,54)(H,48,53)(H,49,55)/t23-,26+,27-,28-,29-,30-,39+/m0/s1. The van der Waals surface area contributed by atoms with E-state index in [1.807, 2.05) is 13.8 Å². The molecule has 0 saturated carbocycles. The number of hydrogen-bond donors (Lipinski definition) is 5. The van der Waals surface area contributed by atoms with Gasteiger partial charge in [-0.1, -0.05) is 37.6 Å². The molecule has 3 rings (SSSR count). The minimum atomic E-state index is -5.43. The number of rotatable bonds is 10. The molecule has 336 valence electrons. The fourth-order valence-corrected chi connectivity index (χ4v) is 7.46. The summed E-state index contributed by atoms with van der Waals surface area (Å²) in [7, 11) is 1.28. The Balaban J connectivity index is 1.96. The average molecular weight is 876 g/mol. The number of amides is 7. The van der Waals surface area contributed by atoms with Gasteiger partial charge in [-0.05, 0) is 83.9 Å². The van der Waals surface area contributed by atoms with Gasteiger partial charge >= 0.3 is 6.18 Å². The predicted molar refractivity (Wildman–Crippen MR) is 213 cm³/mol. The summed E-state index contributed by atoms with van der Waals surface area (Å²) in [5.74, 6) is -6.55. The first kappa shape index (κ1) is 49.8. The minimum Gasteiger partial charge on any atom is -0.373 e. The molecule has 1 aromatic carbocycles. The third-order valence-electron chi connectivity index (χ3n) is 10.8. The van der Waals surface area contributed by atoms with Gasteiger partial charge < -0.3 is 41.1 Å². The van der Waals surface area contributed by atoms with Gasteiger partial charge in [-0.25, -0.2) is 4.39 Å². The summed E-state index contributed by atoms with van der Waals surface area (Å²) in [4.78, 5) is 98.8. The highest BCUT2D eigenvalue weighted by atomic mass is 35.5. The summed E-state index contributed by atoms with van der Waals surface area (Å²) in [6, 6.07) is -0.111. The van der Waals surface area contributed by atoms with Crippen LogP contribution in [0.1, 0.15) is 86.1 Å². The number of likely N-dealkylation sites (N-methyl/N-ethyl adjacent to an activating group) is 2. The molecule has 0 unspecified atom stereocenters. The van der Waals surface area contributed by atoms with Gasteiger partial charge in [0.15, 0.2) is 0 Å². The van der Waals surface area contributed by atoms with Gasteiger partial charge in [0.25, 0.3) is 5.91 Å². The quantitative estimate of drug-likeness (QED) is 0.221. The average Bonchev–Trinajstić information content (AvgIpc) is 3.54. The lowest BCUT2D eigenvalue weighted by atomic mass is 9.97. The van der Waals surface area contributed by atoms with Crippen LogP contribution in [0, 0.1) is 5.92 Å². The number of nitrogens with one attached hydrogen (secondary N) is 4. The van der Waals surface area contributed by atoms with Crippen LogP contribution in [0.4, 0.5) is 17.6 Å². The van der Waals surface area contributed by atoms with Crippen molar-refractivity contribution in [3.05, 3.63) is 34.9 Å². The van der Waals surface area contributed by atoms with Gasteiger partial charge in [0.1, 0.15) is 41.9 Å². The number of alkyl halides is 4. The fourth-order valence-electron chi connectivity index (χ4n) is 7.25. The SMILES string of the molecule is CCN1C(=O)[C@H](CC(C)C)NC(=O)[C@@H](N(C)C(=O)[C@H](C)NC(=O)[C@@H]2C[C@@H](F)CN2C(=O)[C@@](C)(O)C(F)(F)F)CCCCNC(=O)C(C)(C)NC(=O)[C@@H]1Cc1cccc(Cl)c1. The molecule has 20 heteroatoms. The summed E-state index contributed by atoms with van der Waals surface area (Å²) in [6.07, 6.45) is -7.27. The summed E-state index contributed by atoms with van der Waals surface area (Å²) < 4.78 is 54.9. The fraction of sp³-hybridized carbons (Fsp3) is 0.675. The lowest BCUT2D eigenvalue weighted by Gasteiger charge is -2.37. The highest BCUT2D eigenvalue weighted by Gasteiger charge is 2.59. The minimum absolute atomic E-state index is 0.00982. The number of hydrogen-bond acceptors (Lipinski definition) is 8. The Hall–Kier alpha value is -4.52. The molecular weight excluding hydrogens is 818 g/mol. The number of carbonyl (C=O) groups excluding carboxylic acids is 7. The van der Waals surface area contributed by atoms with Crippen molar-refractivity contribution in [1.29, 1.82) is 0 Å². The molecule has 7 amide bonds. The van der Waals surface area contributed by atoms with Crippen LogP contribution >= 0.6 is 11.6 Å². The maximum absolute atomic E-state index is 14.5. The van der Waals surface area contributed by atoms with E-state index >= 15 is 0 Å². The van der Waals surface area contributed by atoms with E-state index in [0.717, 1.165) is 4.90 Å². The van der Waals surface area contributed by atoms with E-state index < -0.39 is 108 Å². The van der Waals surface area contributed by atoms with Crippen molar-refractivity contribution >= 4 is 53.0 Å². The van der Waals surface area contributed by atoms with E-state index in [1.54, 1.807) is 31.2 Å². The molecule has 0 radical (unpaired) electrons. The molecule has 0 aliphatic carbocycles. The summed E-state index contributed by atoms with van der Waals surface area (Å²) in [5.41, 5.74) is -4.70. The highest BCUT2D eigenvalue weighted by molar-refractivity contribution is 6.30. The van der Waals surface area contributed by atoms with Crippen LogP contribution in [0.15, 0.2) is 24.3 Å². The monoisotopic (exact) mass is 875 g/mol. The van der Waals surface area contributed by atoms with Crippen molar-refractivity contribution < 1.29 is 56.2 Å². The highest BCUT2D eigenvalue weighted by Crippen LogP contribution is 2.34. The van der Waals surface area contributed by atoms with Crippen LogP contribution in [0.2, 0.25) is 5.02 Å². The van der Waals surface area contributed by atoms with Crippen LogP contribution in [0.3, 0.4) is 0 Å². The zero-order valence-electron chi connectivity index (χ0n) is 35.3. The normalized spacial score (nSPS) is 25.1. The van der Waals surface area contributed by atoms with Crippen LogP contribution in [-0.4, -0.2) is 142 Å². The Morgan fingerprint density at radius 2 is 1.73 bits per heavy atom. The largest absolute Gasteiger partial charge is 0.426 e. The lowest BCUT2D eigenvalue weighted by molar-refractivity contribution is -0.250. The van der Waals surface area contributed by atoms with Crippen molar-refractivity contribution in [2.24, 2.45) is 5.92 Å². The van der Waals surface area contributed by atoms with Gasteiger partial charge in [0, 0.05) is 38.0 Å². The maximum Gasteiger partial charge on any atom is 0.426 e. The Morgan fingerprint density at radius 1 is 1.08 bits per heavy atom. The molecule has 2 fully saturated rings. The van der Waals surface area contributed by atoms with Gasteiger partial charge in [0.05, 0.1) is 6.54 Å². The molecule has 15 nitrogen and oxygen atoms in total. The summed E-state index contributed by atoms with van der Waals surface area (Å²) >= 11 is 6.25. The molecule has 2 saturated heterocycles. The Morgan fingerprint density at radius 3 is 2.32 bits per heavy atom. The summed E-state index contributed by atoms with van der Waals surface area (Å²) in [5, 5.41) is 21.0. The van der Waals surface area contributed by atoms with E-state index in [2.05, 4.69) is 21.3 Å². The van der Waals surface area contributed by atoms with Gasteiger partial charge in [-0.2, -0.15) is 13.2 Å². The van der Waals surface area contributed by atoms with E-state index in [0.29, 0.717) is 17.0 Å². The predicted octanol–water partition coefficient (Wildman–Crippen LogP) is 2.41. The van der Waals surface area contributed by atoms with Crippen LogP contribution in [0.25, 0.3) is 0 Å². The Labute approximate surface area is 352 Å². The van der Waals surface area contributed by atoms with Crippen LogP contribution < -0.4 is 21.3 Å². The van der Waals surface area contributed by atoms with E-state index in [-0.39, 0.29) is 56.5 Å². The number of carbonyl (C=O) groups is 7. The van der Waals surface area contributed by atoms with Crippen molar-refractivity contribution in [2.45, 2.75) is 141 Å². The second-order valence-corrected chi connectivity index (χ2v) is 17.0. The van der Waals surface area contributed by atoms with Crippen molar-refractivity contribution in [1.82, 2.24) is 36.0 Å². The number of nitrogens with zero attached hydrogens (tertiary/aromatic N) is 3. The van der Waals surface area contributed by atoms with Gasteiger partial charge in [-0.3, -0.25) is 33.6 Å². The van der Waals surface area contributed by atoms with Crippen LogP contribution in [-0.2, 0) is 40.0 Å². The number of likely N-dealkylation sites (tertiary alicyclic amines) is 1. The van der Waals surface area contributed by atoms with Crippen molar-refractivity contribution in [2.75, 3.05) is 26.7 Å². The Kier molecular flexibility index (Phi) is 16.9. The molecule has 7 atom stereocenters. The van der Waals surface area contributed by atoms with E-state index in [4.69, 9.17) is 11.6 Å². The molecule has 60 heavy (non-hydrogen) atoms. The maximum atomic E-state index is 14.5. The van der Waals surface area contributed by atoms with Gasteiger partial charge in [-0.15, -0.1) is 0 Å². The Bertz CT molecular complexity index is 1760. The number of aliphatic hydroxyl groups is 1. The zero-order valence-corrected chi connectivity index (χ0v) is 36.0. The molecule has 0 bridgehead atoms. The zero-order chi connectivity index (χ0) is 45.5. The lowest BCUT2D eigenvalue weighted by Crippen LogP contribution is -2.63. The second kappa shape index (κ2) is 20.4. The molecular formula is C40H58ClF4N7O8.